The third-order valence-electron chi connectivity index (χ3n) is 2.83. The van der Waals surface area contributed by atoms with Gasteiger partial charge in [-0.3, -0.25) is 0 Å². The second-order valence-corrected chi connectivity index (χ2v) is 4.84. The van der Waals surface area contributed by atoms with Crippen LogP contribution in [0.5, 0.6) is 0 Å². The largest absolute Gasteiger partial charge is 0.351 e. The Hall–Kier alpha value is -1.28. The molecule has 1 N–H and O–H groups in total. The summed E-state index contributed by atoms with van der Waals surface area (Å²) >= 11 is 0. The predicted molar refractivity (Wildman–Crippen MR) is 69.5 cm³/mol. The van der Waals surface area contributed by atoms with Crippen molar-refractivity contribution < 1.29 is 0 Å². The van der Waals surface area contributed by atoms with E-state index in [9.17, 15) is 0 Å². The van der Waals surface area contributed by atoms with Gasteiger partial charge < -0.3 is 9.88 Å². The second-order valence-electron chi connectivity index (χ2n) is 4.84. The fraction of sp³-hybridized carbons (Fsp3) is 0.429. The molecule has 0 amide bonds. The van der Waals surface area contributed by atoms with Crippen molar-refractivity contribution in [1.82, 2.24) is 9.88 Å². The Bertz CT molecular complexity index is 469. The molecule has 2 nitrogen and oxygen atoms in total. The van der Waals surface area contributed by atoms with Crippen molar-refractivity contribution in [2.24, 2.45) is 13.0 Å². The van der Waals surface area contributed by atoms with Crippen LogP contribution in [0.1, 0.15) is 19.4 Å². The predicted octanol–water partition coefficient (Wildman–Crippen LogP) is 2.92. The molecular weight excluding hydrogens is 196 g/mol. The summed E-state index contributed by atoms with van der Waals surface area (Å²) in [6.45, 7) is 6.50. The Morgan fingerprint density at radius 2 is 2.06 bits per heavy atom. The van der Waals surface area contributed by atoms with Crippen LogP contribution in [0.4, 0.5) is 0 Å². The van der Waals surface area contributed by atoms with Crippen LogP contribution in [0.3, 0.4) is 0 Å². The first-order chi connectivity index (χ1) is 7.66. The molecule has 2 heteroatoms. The highest BCUT2D eigenvalue weighted by Gasteiger charge is 2.00. The lowest BCUT2D eigenvalue weighted by Gasteiger charge is -2.07. The molecule has 0 radical (unpaired) electrons. The van der Waals surface area contributed by atoms with Gasteiger partial charge in [0.25, 0.3) is 0 Å². The number of nitrogens with zero attached hydrogens (tertiary/aromatic N) is 1. The first-order valence-electron chi connectivity index (χ1n) is 5.91. The summed E-state index contributed by atoms with van der Waals surface area (Å²) in [6.07, 6.45) is 2.11. The molecule has 0 aliphatic carbocycles. The summed E-state index contributed by atoms with van der Waals surface area (Å²) in [6, 6.07) is 8.83. The third kappa shape index (κ3) is 2.45. The summed E-state index contributed by atoms with van der Waals surface area (Å²) in [4.78, 5) is 0. The van der Waals surface area contributed by atoms with E-state index in [0.29, 0.717) is 5.92 Å². The molecule has 0 saturated heterocycles. The lowest BCUT2D eigenvalue weighted by molar-refractivity contribution is 0.552. The van der Waals surface area contributed by atoms with Gasteiger partial charge in [0.05, 0.1) is 0 Å². The maximum Gasteiger partial charge on any atom is 0.0477 e. The highest BCUT2D eigenvalue weighted by Crippen LogP contribution is 2.16. The zero-order chi connectivity index (χ0) is 11.5. The van der Waals surface area contributed by atoms with Gasteiger partial charge in [0.15, 0.2) is 0 Å². The van der Waals surface area contributed by atoms with E-state index in [1.54, 1.807) is 0 Å². The monoisotopic (exact) mass is 216 g/mol. The lowest BCUT2D eigenvalue weighted by atomic mass is 10.1. The number of hydrogen-bond donors (Lipinski definition) is 1. The summed E-state index contributed by atoms with van der Waals surface area (Å²) in [5.74, 6) is 0.709. The molecule has 0 unspecified atom stereocenters. The lowest BCUT2D eigenvalue weighted by Crippen LogP contribution is -2.18. The molecule has 0 spiro atoms. The fourth-order valence-electron chi connectivity index (χ4n) is 1.95. The second kappa shape index (κ2) is 4.71. The van der Waals surface area contributed by atoms with E-state index in [4.69, 9.17) is 0 Å². The van der Waals surface area contributed by atoms with Crippen LogP contribution in [0.15, 0.2) is 30.5 Å². The maximum atomic E-state index is 3.47. The van der Waals surface area contributed by atoms with Crippen molar-refractivity contribution in [1.29, 1.82) is 0 Å². The van der Waals surface area contributed by atoms with Gasteiger partial charge in [-0.1, -0.05) is 19.9 Å². The molecular formula is C14H20N2. The Labute approximate surface area is 97.3 Å². The Balaban J connectivity index is 2.08. The van der Waals surface area contributed by atoms with Gasteiger partial charge in [-0.15, -0.1) is 0 Å². The Morgan fingerprint density at radius 1 is 1.25 bits per heavy atom. The minimum atomic E-state index is 0.709. The van der Waals surface area contributed by atoms with Gasteiger partial charge in [-0.2, -0.15) is 0 Å². The summed E-state index contributed by atoms with van der Waals surface area (Å²) < 4.78 is 2.15. The van der Waals surface area contributed by atoms with Crippen LogP contribution in [0.2, 0.25) is 0 Å². The minimum absolute atomic E-state index is 0.709. The topological polar surface area (TPSA) is 17.0 Å². The Kier molecular flexibility index (Phi) is 3.30. The number of aryl methyl sites for hydroxylation is 1. The zero-order valence-electron chi connectivity index (χ0n) is 10.3. The molecule has 2 aromatic rings. The summed E-state index contributed by atoms with van der Waals surface area (Å²) in [5, 5.41) is 4.79. The molecule has 0 aliphatic heterocycles. The Morgan fingerprint density at radius 3 is 2.81 bits per heavy atom. The normalized spacial score (nSPS) is 11.5. The van der Waals surface area contributed by atoms with Crippen LogP contribution in [-0.4, -0.2) is 11.1 Å². The van der Waals surface area contributed by atoms with E-state index in [-0.39, 0.29) is 0 Å². The molecule has 1 aromatic carbocycles. The molecule has 0 saturated carbocycles. The quantitative estimate of drug-likeness (QED) is 0.831. The number of benzene rings is 1. The van der Waals surface area contributed by atoms with Crippen molar-refractivity contribution in [2.75, 3.05) is 6.54 Å². The molecule has 16 heavy (non-hydrogen) atoms. The number of rotatable bonds is 4. The van der Waals surface area contributed by atoms with Crippen LogP contribution < -0.4 is 5.32 Å². The van der Waals surface area contributed by atoms with E-state index in [1.165, 1.54) is 16.5 Å². The van der Waals surface area contributed by atoms with Crippen LogP contribution in [0.25, 0.3) is 10.9 Å². The van der Waals surface area contributed by atoms with E-state index >= 15 is 0 Å². The molecule has 86 valence electrons. The number of hydrogen-bond acceptors (Lipinski definition) is 1. The fourth-order valence-corrected chi connectivity index (χ4v) is 1.95. The van der Waals surface area contributed by atoms with Gasteiger partial charge >= 0.3 is 0 Å². The van der Waals surface area contributed by atoms with E-state index < -0.39 is 0 Å². The minimum Gasteiger partial charge on any atom is -0.351 e. The van der Waals surface area contributed by atoms with Crippen molar-refractivity contribution >= 4 is 10.9 Å². The van der Waals surface area contributed by atoms with Gasteiger partial charge in [0, 0.05) is 25.3 Å². The average Bonchev–Trinajstić information content (AvgIpc) is 2.60. The van der Waals surface area contributed by atoms with Crippen molar-refractivity contribution in [3.8, 4) is 0 Å². The molecule has 0 aliphatic rings. The summed E-state index contributed by atoms with van der Waals surface area (Å²) in [7, 11) is 2.08. The average molecular weight is 216 g/mol. The molecule has 0 fully saturated rings. The SMILES string of the molecule is CC(C)CNCc1ccc2c(ccn2C)c1. The zero-order valence-corrected chi connectivity index (χ0v) is 10.3. The van der Waals surface area contributed by atoms with Crippen LogP contribution in [-0.2, 0) is 13.6 Å². The third-order valence-corrected chi connectivity index (χ3v) is 2.83. The molecule has 2 rings (SSSR count). The number of fused-ring (bicyclic) bond motifs is 1. The van der Waals surface area contributed by atoms with Crippen molar-refractivity contribution in [3.63, 3.8) is 0 Å². The molecule has 1 heterocycles. The van der Waals surface area contributed by atoms with E-state index in [0.717, 1.165) is 13.1 Å². The smallest absolute Gasteiger partial charge is 0.0477 e. The van der Waals surface area contributed by atoms with Crippen LogP contribution in [0, 0.1) is 5.92 Å². The van der Waals surface area contributed by atoms with Gasteiger partial charge in [-0.05, 0) is 41.6 Å². The number of aromatic nitrogens is 1. The van der Waals surface area contributed by atoms with Gasteiger partial charge in [0.2, 0.25) is 0 Å². The molecule has 0 bridgehead atoms. The molecule has 0 atom stereocenters. The van der Waals surface area contributed by atoms with Crippen molar-refractivity contribution in [3.05, 3.63) is 36.0 Å². The van der Waals surface area contributed by atoms with Crippen molar-refractivity contribution in [2.45, 2.75) is 20.4 Å². The number of nitrogens with one attached hydrogen (secondary N) is 1. The standard InChI is InChI=1S/C14H20N2/c1-11(2)9-15-10-12-4-5-14-13(8-12)6-7-16(14)3/h4-8,11,15H,9-10H2,1-3H3. The van der Waals surface area contributed by atoms with Crippen LogP contribution >= 0.6 is 0 Å². The molecule has 1 aromatic heterocycles. The van der Waals surface area contributed by atoms with E-state index in [1.807, 2.05) is 0 Å². The van der Waals surface area contributed by atoms with E-state index in [2.05, 4.69) is 61.2 Å². The maximum absolute atomic E-state index is 3.47. The van der Waals surface area contributed by atoms with Gasteiger partial charge in [-0.25, -0.2) is 0 Å². The highest BCUT2D eigenvalue weighted by atomic mass is 14.9. The highest BCUT2D eigenvalue weighted by molar-refractivity contribution is 5.80. The summed E-state index contributed by atoms with van der Waals surface area (Å²) in [5.41, 5.74) is 2.66. The first kappa shape index (κ1) is 11.2. The van der Waals surface area contributed by atoms with Gasteiger partial charge in [0.1, 0.15) is 0 Å². The first-order valence-corrected chi connectivity index (χ1v) is 5.91.